The smallest absolute Gasteiger partial charge is 0.119 e. The normalized spacial score (nSPS) is 22.1. The van der Waals surface area contributed by atoms with Gasteiger partial charge >= 0.3 is 0 Å². The van der Waals surface area contributed by atoms with Crippen LogP contribution in [0.4, 0.5) is 0 Å². The molecule has 0 aromatic heterocycles. The van der Waals surface area contributed by atoms with Gasteiger partial charge < -0.3 is 10.1 Å². The summed E-state index contributed by atoms with van der Waals surface area (Å²) in [6.07, 6.45) is 5.41. The third-order valence-electron chi connectivity index (χ3n) is 3.19. The molecule has 1 aromatic carbocycles. The number of benzene rings is 1. The summed E-state index contributed by atoms with van der Waals surface area (Å²) in [5, 5.41) is 2.47. The van der Waals surface area contributed by atoms with Gasteiger partial charge in [-0.1, -0.05) is 12.1 Å². The zero-order chi connectivity index (χ0) is 10.5. The fourth-order valence-corrected chi connectivity index (χ4v) is 2.30. The van der Waals surface area contributed by atoms with Gasteiger partial charge in [-0.3, -0.25) is 0 Å². The molecular formula is C13H20NO+. The van der Waals surface area contributed by atoms with Crippen LogP contribution in [0.3, 0.4) is 0 Å². The van der Waals surface area contributed by atoms with E-state index in [1.165, 1.54) is 37.8 Å². The number of nitrogens with two attached hydrogens (primary N) is 1. The van der Waals surface area contributed by atoms with Crippen molar-refractivity contribution in [2.24, 2.45) is 0 Å². The molecule has 2 rings (SSSR count). The van der Waals surface area contributed by atoms with Crippen LogP contribution in [0.15, 0.2) is 24.3 Å². The van der Waals surface area contributed by atoms with E-state index in [1.54, 1.807) is 7.11 Å². The molecule has 0 aliphatic carbocycles. The Hall–Kier alpha value is -1.02. The summed E-state index contributed by atoms with van der Waals surface area (Å²) in [4.78, 5) is 0. The fourth-order valence-electron chi connectivity index (χ4n) is 2.30. The number of quaternary nitrogens is 1. The Bertz CT molecular complexity index is 303. The van der Waals surface area contributed by atoms with Gasteiger partial charge in [0.05, 0.1) is 13.7 Å². The lowest BCUT2D eigenvalue weighted by atomic mass is 10.0. The van der Waals surface area contributed by atoms with Gasteiger partial charge in [0.1, 0.15) is 11.8 Å². The third kappa shape index (κ3) is 2.72. The maximum Gasteiger partial charge on any atom is 0.119 e. The highest BCUT2D eigenvalue weighted by atomic mass is 16.5. The van der Waals surface area contributed by atoms with Crippen LogP contribution in [0.25, 0.3) is 0 Å². The van der Waals surface area contributed by atoms with E-state index < -0.39 is 0 Å². The van der Waals surface area contributed by atoms with Gasteiger partial charge in [0.2, 0.25) is 0 Å². The molecule has 0 saturated carbocycles. The minimum atomic E-state index is 0.641. The van der Waals surface area contributed by atoms with Gasteiger partial charge in [0.25, 0.3) is 0 Å². The lowest BCUT2D eigenvalue weighted by molar-refractivity contribution is -0.694. The summed E-state index contributed by atoms with van der Waals surface area (Å²) >= 11 is 0. The Morgan fingerprint density at radius 1 is 1.27 bits per heavy atom. The van der Waals surface area contributed by atoms with Crippen molar-refractivity contribution in [2.45, 2.75) is 31.7 Å². The molecule has 0 amide bonds. The molecule has 0 bridgehead atoms. The summed E-state index contributed by atoms with van der Waals surface area (Å²) in [6, 6.07) is 9.14. The Morgan fingerprint density at radius 3 is 3.07 bits per heavy atom. The van der Waals surface area contributed by atoms with Gasteiger partial charge in [-0.05, 0) is 31.4 Å². The molecule has 1 fully saturated rings. The van der Waals surface area contributed by atoms with Crippen molar-refractivity contribution in [1.29, 1.82) is 0 Å². The second-order valence-corrected chi connectivity index (χ2v) is 4.26. The summed E-state index contributed by atoms with van der Waals surface area (Å²) in [6.45, 7) is 1.27. The van der Waals surface area contributed by atoms with Crippen LogP contribution in [0.2, 0.25) is 0 Å². The Balaban J connectivity index is 2.12. The van der Waals surface area contributed by atoms with Gasteiger partial charge in [-0.25, -0.2) is 0 Å². The zero-order valence-electron chi connectivity index (χ0n) is 9.41. The van der Waals surface area contributed by atoms with Crippen molar-refractivity contribution < 1.29 is 10.1 Å². The molecule has 82 valence electrons. The summed E-state index contributed by atoms with van der Waals surface area (Å²) < 4.78 is 5.26. The summed E-state index contributed by atoms with van der Waals surface area (Å²) in [5.74, 6) is 0.977. The zero-order valence-corrected chi connectivity index (χ0v) is 9.41. The highest BCUT2D eigenvalue weighted by Crippen LogP contribution is 2.21. The third-order valence-corrected chi connectivity index (χ3v) is 3.19. The van der Waals surface area contributed by atoms with Gasteiger partial charge in [0, 0.05) is 12.0 Å². The van der Waals surface area contributed by atoms with Gasteiger partial charge in [0.15, 0.2) is 0 Å². The molecule has 0 unspecified atom stereocenters. The molecule has 15 heavy (non-hydrogen) atoms. The molecular weight excluding hydrogens is 186 g/mol. The van der Waals surface area contributed by atoms with E-state index in [9.17, 15) is 0 Å². The van der Waals surface area contributed by atoms with Crippen molar-refractivity contribution in [1.82, 2.24) is 0 Å². The SMILES string of the molecule is COc1cccc([C@@H]2CCCCC[NH2+]2)c1. The van der Waals surface area contributed by atoms with E-state index in [0.717, 1.165) is 5.75 Å². The molecule has 1 heterocycles. The van der Waals surface area contributed by atoms with Crippen LogP contribution in [-0.4, -0.2) is 13.7 Å². The first-order chi connectivity index (χ1) is 7.40. The summed E-state index contributed by atoms with van der Waals surface area (Å²) in [7, 11) is 1.73. The second kappa shape index (κ2) is 5.17. The fraction of sp³-hybridized carbons (Fsp3) is 0.538. The molecule has 2 N–H and O–H groups in total. The van der Waals surface area contributed by atoms with Crippen LogP contribution < -0.4 is 10.1 Å². The van der Waals surface area contributed by atoms with Crippen molar-refractivity contribution >= 4 is 0 Å². The minimum absolute atomic E-state index is 0.641. The van der Waals surface area contributed by atoms with E-state index in [2.05, 4.69) is 23.5 Å². The topological polar surface area (TPSA) is 25.8 Å². The minimum Gasteiger partial charge on any atom is -0.497 e. The summed E-state index contributed by atoms with van der Waals surface area (Å²) in [5.41, 5.74) is 1.41. The quantitative estimate of drug-likeness (QED) is 0.785. The van der Waals surface area contributed by atoms with Crippen LogP contribution in [0.1, 0.15) is 37.3 Å². The van der Waals surface area contributed by atoms with Gasteiger partial charge in [-0.2, -0.15) is 0 Å². The molecule has 0 radical (unpaired) electrons. The monoisotopic (exact) mass is 206 g/mol. The van der Waals surface area contributed by atoms with E-state index in [1.807, 2.05) is 6.07 Å². The van der Waals surface area contributed by atoms with Crippen LogP contribution in [0.5, 0.6) is 5.75 Å². The van der Waals surface area contributed by atoms with Gasteiger partial charge in [-0.15, -0.1) is 0 Å². The van der Waals surface area contributed by atoms with Crippen LogP contribution in [0, 0.1) is 0 Å². The predicted molar refractivity (Wildman–Crippen MR) is 61.0 cm³/mol. The Kier molecular flexibility index (Phi) is 3.62. The molecule has 1 atom stereocenters. The van der Waals surface area contributed by atoms with E-state index in [4.69, 9.17) is 4.74 Å². The number of hydrogen-bond donors (Lipinski definition) is 1. The van der Waals surface area contributed by atoms with Crippen molar-refractivity contribution in [3.05, 3.63) is 29.8 Å². The standard InChI is InChI=1S/C13H19NO/c1-15-12-7-5-6-11(10-12)13-8-3-2-4-9-14-13/h5-7,10,13-14H,2-4,8-9H2,1H3/p+1/t13-/m0/s1. The highest BCUT2D eigenvalue weighted by molar-refractivity contribution is 5.29. The maximum absolute atomic E-state index is 5.26. The highest BCUT2D eigenvalue weighted by Gasteiger charge is 2.17. The van der Waals surface area contributed by atoms with Crippen molar-refractivity contribution in [3.8, 4) is 5.75 Å². The van der Waals surface area contributed by atoms with E-state index >= 15 is 0 Å². The maximum atomic E-state index is 5.26. The lowest BCUT2D eigenvalue weighted by Gasteiger charge is -2.13. The number of methoxy groups -OCH3 is 1. The van der Waals surface area contributed by atoms with Crippen molar-refractivity contribution in [3.63, 3.8) is 0 Å². The largest absolute Gasteiger partial charge is 0.497 e. The van der Waals surface area contributed by atoms with Crippen molar-refractivity contribution in [2.75, 3.05) is 13.7 Å². The predicted octanol–water partition coefficient (Wildman–Crippen LogP) is 1.87. The molecule has 1 saturated heterocycles. The van der Waals surface area contributed by atoms with E-state index in [0.29, 0.717) is 6.04 Å². The lowest BCUT2D eigenvalue weighted by Crippen LogP contribution is -2.84. The molecule has 2 nitrogen and oxygen atoms in total. The van der Waals surface area contributed by atoms with E-state index in [-0.39, 0.29) is 0 Å². The second-order valence-electron chi connectivity index (χ2n) is 4.26. The Labute approximate surface area is 91.6 Å². The average molecular weight is 206 g/mol. The van der Waals surface area contributed by atoms with Crippen LogP contribution >= 0.6 is 0 Å². The average Bonchev–Trinajstić information content (AvgIpc) is 2.58. The first kappa shape index (κ1) is 10.5. The number of rotatable bonds is 2. The van der Waals surface area contributed by atoms with Crippen LogP contribution in [-0.2, 0) is 0 Å². The number of ether oxygens (including phenoxy) is 1. The molecule has 1 aliphatic heterocycles. The number of hydrogen-bond acceptors (Lipinski definition) is 1. The first-order valence-electron chi connectivity index (χ1n) is 5.87. The Morgan fingerprint density at radius 2 is 2.20 bits per heavy atom. The molecule has 1 aromatic rings. The first-order valence-corrected chi connectivity index (χ1v) is 5.87. The molecule has 0 spiro atoms. The molecule has 1 aliphatic rings. The molecule has 2 heteroatoms.